The first-order valence-electron chi connectivity index (χ1n) is 2.70. The fraction of sp³-hybridized carbons (Fsp3) is 0.667. The van der Waals surface area contributed by atoms with Gasteiger partial charge in [-0.25, -0.2) is 10.0 Å². The van der Waals surface area contributed by atoms with E-state index in [0.29, 0.717) is 0 Å². The summed E-state index contributed by atoms with van der Waals surface area (Å²) in [5.74, 6) is 2.12. The number of hydrogen-bond acceptors (Lipinski definition) is 0. The third-order valence-corrected chi connectivity index (χ3v) is 1.65. The zero-order valence-corrected chi connectivity index (χ0v) is 6.96. The van der Waals surface area contributed by atoms with Crippen LogP contribution in [0.25, 0.3) is 0 Å². The molecule has 0 aromatic rings. The summed E-state index contributed by atoms with van der Waals surface area (Å²) in [5, 5.41) is 2.27. The van der Waals surface area contributed by atoms with Crippen LogP contribution in [0.5, 0.6) is 0 Å². The van der Waals surface area contributed by atoms with E-state index in [1.807, 2.05) is 6.82 Å². The molecule has 0 saturated heterocycles. The summed E-state index contributed by atoms with van der Waals surface area (Å²) in [6, 6.07) is 0. The molecule has 8 heavy (non-hydrogen) atoms. The molecule has 47 valence electrons. The summed E-state index contributed by atoms with van der Waals surface area (Å²) >= 11 is 0. The maximum Gasteiger partial charge on any atom is 0.138 e. The molecular weight excluding hydrogens is 115 g/mol. The molecule has 0 saturated carbocycles. The van der Waals surface area contributed by atoms with Crippen LogP contribution < -0.4 is 0 Å². The Hall–Kier alpha value is 0.155. The van der Waals surface area contributed by atoms with E-state index in [1.54, 1.807) is 0 Å². The Kier molecular flexibility index (Phi) is 3.30. The molecule has 0 fully saturated rings. The first-order valence-corrected chi connectivity index (χ1v) is 5.63. The van der Waals surface area contributed by atoms with Crippen molar-refractivity contribution >= 4 is 17.3 Å². The zero-order chi connectivity index (χ0) is 6.62. The van der Waals surface area contributed by atoms with Gasteiger partial charge in [0.1, 0.15) is 7.28 Å². The van der Waals surface area contributed by atoms with Gasteiger partial charge in [-0.1, -0.05) is 12.2 Å². The third kappa shape index (κ3) is 6.15. The average molecular weight is 129 g/mol. The summed E-state index contributed by atoms with van der Waals surface area (Å²) in [5.41, 5.74) is 0. The van der Waals surface area contributed by atoms with Crippen molar-refractivity contribution in [2.75, 3.05) is 18.8 Å². The smallest absolute Gasteiger partial charge is 0.138 e. The average Bonchev–Trinajstić information content (AvgIpc) is 1.59. The molecule has 0 heterocycles. The van der Waals surface area contributed by atoms with E-state index in [9.17, 15) is 0 Å². The van der Waals surface area contributed by atoms with Crippen LogP contribution in [-0.2, 0) is 0 Å². The normalized spacial score (nSPS) is 14.5. The van der Waals surface area contributed by atoms with E-state index >= 15 is 0 Å². The van der Waals surface area contributed by atoms with E-state index < -0.39 is 10.0 Å². The van der Waals surface area contributed by atoms with Crippen molar-refractivity contribution in [1.82, 2.24) is 0 Å². The molecule has 0 aliphatic heterocycles. The van der Waals surface area contributed by atoms with E-state index in [-0.39, 0.29) is 0 Å². The molecule has 0 aromatic heterocycles. The molecular formula is C6H14BS. The second kappa shape index (κ2) is 3.23. The molecule has 0 atom stereocenters. The lowest BCUT2D eigenvalue weighted by atomic mass is 9.84. The molecule has 0 rings (SSSR count). The Labute approximate surface area is 54.9 Å². The van der Waals surface area contributed by atoms with Crippen LogP contribution >= 0.6 is 10.0 Å². The lowest BCUT2D eigenvalue weighted by Gasteiger charge is -2.18. The van der Waals surface area contributed by atoms with Gasteiger partial charge in [0.2, 0.25) is 0 Å². The third-order valence-electron chi connectivity index (χ3n) is 0.679. The molecule has 0 aromatic carbocycles. The summed E-state index contributed by atoms with van der Waals surface area (Å²) in [6.07, 6.45) is 6.81. The summed E-state index contributed by atoms with van der Waals surface area (Å²) in [7, 11) is 1.67. The predicted octanol–water partition coefficient (Wildman–Crippen LogP) is 1.90. The molecule has 0 N–H and O–H groups in total. The van der Waals surface area contributed by atoms with E-state index in [0.717, 1.165) is 0 Å². The van der Waals surface area contributed by atoms with Crippen LogP contribution in [-0.4, -0.2) is 26.0 Å². The minimum absolute atomic E-state index is 0.398. The predicted molar refractivity (Wildman–Crippen MR) is 46.1 cm³/mol. The van der Waals surface area contributed by atoms with Crippen molar-refractivity contribution in [3.05, 3.63) is 11.4 Å². The van der Waals surface area contributed by atoms with Gasteiger partial charge in [0.05, 0.1) is 0 Å². The van der Waals surface area contributed by atoms with Gasteiger partial charge < -0.3 is 0 Å². The highest BCUT2D eigenvalue weighted by Gasteiger charge is 1.93. The van der Waals surface area contributed by atoms with Crippen LogP contribution in [0, 0.1) is 0 Å². The number of hydrogen-bond donors (Lipinski definition) is 0. The highest BCUT2D eigenvalue weighted by atomic mass is 32.3. The largest absolute Gasteiger partial charge is 0.231 e. The van der Waals surface area contributed by atoms with E-state index in [2.05, 4.69) is 37.4 Å². The standard InChI is InChI=1S/C6H14BS/c1-7-5-6-8(2,3)4/h5-6H,1-4H3/b6-5+. The lowest BCUT2D eigenvalue weighted by molar-refractivity contribution is 2.08. The second-order valence-corrected chi connectivity index (χ2v) is 6.73. The summed E-state index contributed by atoms with van der Waals surface area (Å²) < 4.78 is 0. The van der Waals surface area contributed by atoms with Gasteiger partial charge in [-0.15, -0.1) is 5.98 Å². The SMILES string of the molecule is C[B]/C=C/S(C)(C)C. The van der Waals surface area contributed by atoms with Crippen LogP contribution in [0.4, 0.5) is 0 Å². The molecule has 0 aliphatic rings. The van der Waals surface area contributed by atoms with Crippen LogP contribution in [0.1, 0.15) is 0 Å². The van der Waals surface area contributed by atoms with Crippen molar-refractivity contribution in [3.8, 4) is 0 Å². The van der Waals surface area contributed by atoms with Gasteiger partial charge in [0.15, 0.2) is 0 Å². The first-order chi connectivity index (χ1) is 3.56. The van der Waals surface area contributed by atoms with Crippen molar-refractivity contribution in [2.24, 2.45) is 0 Å². The maximum atomic E-state index is 2.27. The lowest BCUT2D eigenvalue weighted by Crippen LogP contribution is -1.85. The molecule has 0 amide bonds. The summed E-state index contributed by atoms with van der Waals surface area (Å²) in [4.78, 5) is 0. The molecule has 0 spiro atoms. The van der Waals surface area contributed by atoms with Gasteiger partial charge in [-0.2, -0.15) is 0 Å². The van der Waals surface area contributed by atoms with Crippen molar-refractivity contribution in [2.45, 2.75) is 6.82 Å². The molecule has 0 unspecified atom stereocenters. The van der Waals surface area contributed by atoms with Gasteiger partial charge in [0, 0.05) is 0 Å². The minimum atomic E-state index is -0.398. The van der Waals surface area contributed by atoms with Crippen molar-refractivity contribution in [3.63, 3.8) is 0 Å². The van der Waals surface area contributed by atoms with Crippen LogP contribution in [0.3, 0.4) is 0 Å². The Bertz CT molecular complexity index is 81.0. The molecule has 0 aliphatic carbocycles. The second-order valence-electron chi connectivity index (χ2n) is 2.59. The Balaban J connectivity index is 3.52. The fourth-order valence-electron chi connectivity index (χ4n) is 0.314. The first kappa shape index (κ1) is 8.15. The van der Waals surface area contributed by atoms with E-state index in [1.165, 1.54) is 0 Å². The monoisotopic (exact) mass is 129 g/mol. The Morgan fingerprint density at radius 3 is 1.88 bits per heavy atom. The highest BCUT2D eigenvalue weighted by Crippen LogP contribution is 2.35. The quantitative estimate of drug-likeness (QED) is 0.499. The van der Waals surface area contributed by atoms with E-state index in [4.69, 9.17) is 0 Å². The zero-order valence-electron chi connectivity index (χ0n) is 6.14. The van der Waals surface area contributed by atoms with Crippen molar-refractivity contribution < 1.29 is 0 Å². The molecule has 0 nitrogen and oxygen atoms in total. The minimum Gasteiger partial charge on any atom is -0.231 e. The maximum absolute atomic E-state index is 2.27. The van der Waals surface area contributed by atoms with Crippen LogP contribution in [0.15, 0.2) is 11.4 Å². The summed E-state index contributed by atoms with van der Waals surface area (Å²) in [6.45, 7) is 2.04. The molecule has 2 heteroatoms. The van der Waals surface area contributed by atoms with Gasteiger partial charge in [-0.3, -0.25) is 0 Å². The molecule has 0 bridgehead atoms. The van der Waals surface area contributed by atoms with Gasteiger partial charge in [-0.05, 0) is 18.8 Å². The van der Waals surface area contributed by atoms with Crippen molar-refractivity contribution in [1.29, 1.82) is 0 Å². The Morgan fingerprint density at radius 1 is 1.25 bits per heavy atom. The van der Waals surface area contributed by atoms with Crippen LogP contribution in [0.2, 0.25) is 6.82 Å². The number of rotatable bonds is 2. The topological polar surface area (TPSA) is 0 Å². The highest BCUT2D eigenvalue weighted by molar-refractivity contribution is 8.34. The fourth-order valence-corrected chi connectivity index (χ4v) is 0.943. The van der Waals surface area contributed by atoms with Gasteiger partial charge >= 0.3 is 0 Å². The van der Waals surface area contributed by atoms with Gasteiger partial charge in [0.25, 0.3) is 0 Å². The Morgan fingerprint density at radius 2 is 1.75 bits per heavy atom. The molecule has 1 radical (unpaired) electrons.